The van der Waals surface area contributed by atoms with Crippen molar-refractivity contribution in [1.82, 2.24) is 0 Å². The molecule has 0 N–H and O–H groups in total. The minimum atomic E-state index is -0.605. The minimum Gasteiger partial charge on any atom is -0.422 e. The first kappa shape index (κ1) is 15.1. The van der Waals surface area contributed by atoms with E-state index in [9.17, 15) is 9.59 Å². The summed E-state index contributed by atoms with van der Waals surface area (Å²) in [5.74, 6) is -0.317. The van der Waals surface area contributed by atoms with Crippen molar-refractivity contribution in [3.05, 3.63) is 74.6 Å². The van der Waals surface area contributed by atoms with Crippen molar-refractivity contribution in [3.8, 4) is 0 Å². The molecule has 120 valence electrons. The summed E-state index contributed by atoms with van der Waals surface area (Å²) in [7, 11) is 0. The number of hydrogen-bond donors (Lipinski definition) is 0. The van der Waals surface area contributed by atoms with Gasteiger partial charge in [0.05, 0.1) is 0 Å². The summed E-state index contributed by atoms with van der Waals surface area (Å²) in [5.41, 5.74) is 1.90. The lowest BCUT2D eigenvalue weighted by Crippen LogP contribution is -2.38. The molecule has 0 spiro atoms. The Balaban J connectivity index is 1.84. The molecular weight excluding hydrogens is 370 g/mol. The molecule has 0 bridgehead atoms. The molecule has 0 aliphatic carbocycles. The summed E-state index contributed by atoms with van der Waals surface area (Å²) in [6, 6.07) is 14.7. The largest absolute Gasteiger partial charge is 0.422 e. The van der Waals surface area contributed by atoms with Crippen LogP contribution in [-0.4, -0.2) is 11.9 Å². The summed E-state index contributed by atoms with van der Waals surface area (Å²) in [6.45, 7) is 1.98. The van der Waals surface area contributed by atoms with Crippen molar-refractivity contribution in [2.45, 2.75) is 19.4 Å². The van der Waals surface area contributed by atoms with Crippen LogP contribution in [0.4, 0.5) is 5.69 Å². The topological polar surface area (TPSA) is 50.5 Å². The average Bonchev–Trinajstić information content (AvgIpc) is 2.89. The quantitative estimate of drug-likeness (QED) is 0.593. The summed E-state index contributed by atoms with van der Waals surface area (Å²) >= 11 is 3.39. The SMILES string of the molecule is C[C@@H]1Cc2ccccc2N1C(=O)c1cc2cc(Br)ccc2oc1=O. The first-order chi connectivity index (χ1) is 11.5. The van der Waals surface area contributed by atoms with Gasteiger partial charge in [0.1, 0.15) is 11.1 Å². The highest BCUT2D eigenvalue weighted by Crippen LogP contribution is 2.33. The van der Waals surface area contributed by atoms with Crippen LogP contribution < -0.4 is 10.5 Å². The van der Waals surface area contributed by atoms with Gasteiger partial charge in [-0.2, -0.15) is 0 Å². The molecule has 24 heavy (non-hydrogen) atoms. The molecular formula is C19H14BrNO3. The van der Waals surface area contributed by atoms with Gasteiger partial charge in [-0.25, -0.2) is 4.79 Å². The molecule has 1 aromatic heterocycles. The van der Waals surface area contributed by atoms with Crippen molar-refractivity contribution >= 4 is 38.5 Å². The molecule has 2 heterocycles. The smallest absolute Gasteiger partial charge is 0.349 e. The van der Waals surface area contributed by atoms with Crippen molar-refractivity contribution in [2.75, 3.05) is 4.90 Å². The highest BCUT2D eigenvalue weighted by molar-refractivity contribution is 9.10. The van der Waals surface area contributed by atoms with E-state index in [1.807, 2.05) is 37.3 Å². The zero-order valence-electron chi connectivity index (χ0n) is 13.0. The van der Waals surface area contributed by atoms with Crippen molar-refractivity contribution < 1.29 is 9.21 Å². The van der Waals surface area contributed by atoms with Crippen LogP contribution in [0.3, 0.4) is 0 Å². The van der Waals surface area contributed by atoms with Crippen LogP contribution in [0.25, 0.3) is 11.0 Å². The summed E-state index contributed by atoms with van der Waals surface area (Å²) in [4.78, 5) is 27.0. The number of nitrogens with zero attached hydrogens (tertiary/aromatic N) is 1. The number of halogens is 1. The van der Waals surface area contributed by atoms with Crippen LogP contribution in [0.2, 0.25) is 0 Å². The fourth-order valence-corrected chi connectivity index (χ4v) is 3.63. The second-order valence-corrected chi connectivity index (χ2v) is 6.90. The lowest BCUT2D eigenvalue weighted by atomic mass is 10.1. The van der Waals surface area contributed by atoms with Gasteiger partial charge in [0, 0.05) is 21.6 Å². The van der Waals surface area contributed by atoms with Gasteiger partial charge in [-0.1, -0.05) is 34.1 Å². The third kappa shape index (κ3) is 2.36. The van der Waals surface area contributed by atoms with Gasteiger partial charge in [-0.3, -0.25) is 4.79 Å². The predicted octanol–water partition coefficient (Wildman–Crippen LogP) is 4.15. The first-order valence-electron chi connectivity index (χ1n) is 7.69. The number of rotatable bonds is 1. The Morgan fingerprint density at radius 2 is 2.00 bits per heavy atom. The Hall–Kier alpha value is -2.40. The zero-order valence-corrected chi connectivity index (χ0v) is 14.5. The van der Waals surface area contributed by atoms with E-state index in [1.54, 1.807) is 23.1 Å². The Labute approximate surface area is 146 Å². The molecule has 1 amide bonds. The molecule has 0 radical (unpaired) electrons. The van der Waals surface area contributed by atoms with Gasteiger partial charge < -0.3 is 9.32 Å². The van der Waals surface area contributed by atoms with Crippen LogP contribution in [-0.2, 0) is 6.42 Å². The van der Waals surface area contributed by atoms with Crippen molar-refractivity contribution in [2.24, 2.45) is 0 Å². The molecule has 0 fully saturated rings. The minimum absolute atomic E-state index is 0.00695. The average molecular weight is 384 g/mol. The number of hydrogen-bond acceptors (Lipinski definition) is 3. The highest BCUT2D eigenvalue weighted by Gasteiger charge is 2.32. The number of amides is 1. The van der Waals surface area contributed by atoms with Gasteiger partial charge in [-0.15, -0.1) is 0 Å². The molecule has 0 unspecified atom stereocenters. The molecule has 0 saturated carbocycles. The van der Waals surface area contributed by atoms with E-state index in [-0.39, 0.29) is 17.5 Å². The second-order valence-electron chi connectivity index (χ2n) is 5.99. The van der Waals surface area contributed by atoms with Gasteiger partial charge >= 0.3 is 5.63 Å². The Morgan fingerprint density at radius 1 is 1.21 bits per heavy atom. The van der Waals surface area contributed by atoms with Gasteiger partial charge in [0.15, 0.2) is 0 Å². The molecule has 1 aliphatic heterocycles. The predicted molar refractivity (Wildman–Crippen MR) is 96.6 cm³/mol. The Bertz CT molecular complexity index is 1020. The molecule has 1 atom stereocenters. The van der Waals surface area contributed by atoms with E-state index in [4.69, 9.17) is 4.42 Å². The maximum Gasteiger partial charge on any atom is 0.349 e. The summed E-state index contributed by atoms with van der Waals surface area (Å²) < 4.78 is 6.19. The summed E-state index contributed by atoms with van der Waals surface area (Å²) in [5, 5.41) is 0.715. The third-order valence-corrected chi connectivity index (χ3v) is 4.84. The highest BCUT2D eigenvalue weighted by atomic mass is 79.9. The number of benzene rings is 2. The fraction of sp³-hybridized carbons (Fsp3) is 0.158. The van der Waals surface area contributed by atoms with E-state index in [0.29, 0.717) is 11.0 Å². The van der Waals surface area contributed by atoms with E-state index < -0.39 is 5.63 Å². The molecule has 4 nitrogen and oxygen atoms in total. The standard InChI is InChI=1S/C19H14BrNO3/c1-11-8-12-4-2-3-5-16(12)21(11)18(22)15-10-13-9-14(20)6-7-17(13)24-19(15)23/h2-7,9-11H,8H2,1H3/t11-/m1/s1. The lowest BCUT2D eigenvalue weighted by molar-refractivity contribution is 0.0978. The summed E-state index contributed by atoms with van der Waals surface area (Å²) in [6.07, 6.45) is 0.784. The van der Waals surface area contributed by atoms with E-state index in [2.05, 4.69) is 15.9 Å². The van der Waals surface area contributed by atoms with Crippen LogP contribution >= 0.6 is 15.9 Å². The maximum absolute atomic E-state index is 13.0. The number of anilines is 1. The lowest BCUT2D eigenvalue weighted by Gasteiger charge is -2.22. The number of fused-ring (bicyclic) bond motifs is 2. The zero-order chi connectivity index (χ0) is 16.8. The number of carbonyl (C=O) groups excluding carboxylic acids is 1. The Kier molecular flexibility index (Phi) is 3.53. The Morgan fingerprint density at radius 3 is 2.83 bits per heavy atom. The molecule has 5 heteroatoms. The number of carbonyl (C=O) groups is 1. The van der Waals surface area contributed by atoms with E-state index in [1.165, 1.54) is 0 Å². The van der Waals surface area contributed by atoms with Crippen LogP contribution in [0.15, 0.2) is 62.2 Å². The van der Waals surface area contributed by atoms with Crippen LogP contribution in [0, 0.1) is 0 Å². The normalized spacial score (nSPS) is 16.4. The van der Waals surface area contributed by atoms with Crippen molar-refractivity contribution in [1.29, 1.82) is 0 Å². The third-order valence-electron chi connectivity index (χ3n) is 4.35. The maximum atomic E-state index is 13.0. The molecule has 0 saturated heterocycles. The van der Waals surface area contributed by atoms with Gasteiger partial charge in [-0.05, 0) is 49.2 Å². The van der Waals surface area contributed by atoms with E-state index in [0.717, 1.165) is 22.1 Å². The van der Waals surface area contributed by atoms with Crippen LogP contribution in [0.5, 0.6) is 0 Å². The number of para-hydroxylation sites is 1. The van der Waals surface area contributed by atoms with Gasteiger partial charge in [0.25, 0.3) is 5.91 Å². The molecule has 4 rings (SSSR count). The molecule has 2 aromatic carbocycles. The van der Waals surface area contributed by atoms with E-state index >= 15 is 0 Å². The van der Waals surface area contributed by atoms with Crippen LogP contribution in [0.1, 0.15) is 22.8 Å². The monoisotopic (exact) mass is 383 g/mol. The second kappa shape index (κ2) is 5.60. The van der Waals surface area contributed by atoms with Gasteiger partial charge in [0.2, 0.25) is 0 Å². The fourth-order valence-electron chi connectivity index (χ4n) is 3.25. The van der Waals surface area contributed by atoms with Crippen molar-refractivity contribution in [3.63, 3.8) is 0 Å². The molecule has 3 aromatic rings. The first-order valence-corrected chi connectivity index (χ1v) is 8.49. The molecule has 1 aliphatic rings.